The van der Waals surface area contributed by atoms with Gasteiger partial charge >= 0.3 is 0 Å². The number of sulfonamides is 1. The van der Waals surface area contributed by atoms with Gasteiger partial charge in [-0.25, -0.2) is 8.42 Å². The number of para-hydroxylation sites is 1. The molecule has 0 fully saturated rings. The molecule has 0 atom stereocenters. The molecule has 1 aliphatic heterocycles. The Kier molecular flexibility index (Phi) is 4.06. The second-order valence-corrected chi connectivity index (χ2v) is 7.24. The summed E-state index contributed by atoms with van der Waals surface area (Å²) in [6.07, 6.45) is 0.652. The maximum absolute atomic E-state index is 13.0. The molecular formula is C16H14N2O5S. The molecule has 0 radical (unpaired) electrons. The Morgan fingerprint density at radius 1 is 1.08 bits per heavy atom. The third kappa shape index (κ3) is 2.76. The van der Waals surface area contributed by atoms with Crippen LogP contribution in [0.2, 0.25) is 0 Å². The predicted octanol–water partition coefficient (Wildman–Crippen LogP) is 2.77. The lowest BCUT2D eigenvalue weighted by molar-refractivity contribution is -0.385. The zero-order valence-corrected chi connectivity index (χ0v) is 13.4. The molecule has 24 heavy (non-hydrogen) atoms. The quantitative estimate of drug-likeness (QED) is 0.629. The maximum atomic E-state index is 13.0. The number of benzene rings is 2. The van der Waals surface area contributed by atoms with Crippen LogP contribution < -0.4 is 4.31 Å². The molecule has 1 heterocycles. The van der Waals surface area contributed by atoms with Crippen molar-refractivity contribution in [2.24, 2.45) is 0 Å². The van der Waals surface area contributed by atoms with Crippen molar-refractivity contribution in [1.29, 1.82) is 0 Å². The normalized spacial score (nSPS) is 14.8. The molecule has 8 heteroatoms. The van der Waals surface area contributed by atoms with E-state index < -0.39 is 14.9 Å². The van der Waals surface area contributed by atoms with E-state index in [1.165, 1.54) is 18.2 Å². The zero-order chi connectivity index (χ0) is 17.3. The minimum Gasteiger partial charge on any atom is -0.294 e. The van der Waals surface area contributed by atoms with Gasteiger partial charge in [-0.15, -0.1) is 0 Å². The first-order valence-electron chi connectivity index (χ1n) is 7.31. The summed E-state index contributed by atoms with van der Waals surface area (Å²) < 4.78 is 27.1. The van der Waals surface area contributed by atoms with E-state index in [4.69, 9.17) is 0 Å². The fraction of sp³-hybridized carbons (Fsp3) is 0.188. The molecule has 0 saturated carbocycles. The molecule has 0 aliphatic carbocycles. The van der Waals surface area contributed by atoms with Crippen LogP contribution in [-0.4, -0.2) is 25.7 Å². The van der Waals surface area contributed by atoms with E-state index in [1.54, 1.807) is 24.3 Å². The highest BCUT2D eigenvalue weighted by Gasteiger charge is 2.31. The molecule has 0 N–H and O–H groups in total. The molecule has 0 aromatic heterocycles. The Morgan fingerprint density at radius 3 is 2.58 bits per heavy atom. The first-order chi connectivity index (χ1) is 11.4. The van der Waals surface area contributed by atoms with Crippen LogP contribution in [0.5, 0.6) is 0 Å². The van der Waals surface area contributed by atoms with Gasteiger partial charge in [-0.2, -0.15) is 0 Å². The third-order valence-corrected chi connectivity index (χ3v) is 5.66. The van der Waals surface area contributed by atoms with Crippen molar-refractivity contribution >= 4 is 27.2 Å². The van der Waals surface area contributed by atoms with Crippen LogP contribution in [-0.2, 0) is 10.0 Å². The third-order valence-electron chi connectivity index (χ3n) is 3.85. The van der Waals surface area contributed by atoms with Crippen LogP contribution in [0.3, 0.4) is 0 Å². The monoisotopic (exact) mass is 346 g/mol. The molecule has 2 aromatic rings. The smallest absolute Gasteiger partial charge is 0.270 e. The number of carbonyl (C=O) groups excluding carboxylic acids is 1. The van der Waals surface area contributed by atoms with Crippen molar-refractivity contribution in [1.82, 2.24) is 0 Å². The fourth-order valence-electron chi connectivity index (χ4n) is 2.70. The fourth-order valence-corrected chi connectivity index (χ4v) is 4.26. The van der Waals surface area contributed by atoms with E-state index in [0.29, 0.717) is 17.7 Å². The number of nitrogens with zero attached hydrogens (tertiary/aromatic N) is 2. The lowest BCUT2D eigenvalue weighted by Gasteiger charge is -2.24. The molecule has 0 amide bonds. The van der Waals surface area contributed by atoms with Crippen LogP contribution in [0, 0.1) is 10.1 Å². The van der Waals surface area contributed by atoms with Gasteiger partial charge in [-0.3, -0.25) is 19.2 Å². The molecule has 3 rings (SSSR count). The second kappa shape index (κ2) is 6.04. The van der Waals surface area contributed by atoms with Crippen LogP contribution in [0.1, 0.15) is 23.2 Å². The Labute approximate surface area is 138 Å². The molecule has 0 bridgehead atoms. The van der Waals surface area contributed by atoms with Crippen LogP contribution in [0.25, 0.3) is 0 Å². The standard InChI is InChI=1S/C16H14N2O5S/c19-16-9-4-10-17(15-8-2-1-7-14(15)16)24(22,23)13-6-3-5-12(11-13)18(20)21/h1-3,5-8,11H,4,9-10H2. The minimum absolute atomic E-state index is 0.109. The van der Waals surface area contributed by atoms with Gasteiger partial charge in [0.15, 0.2) is 5.78 Å². The summed E-state index contributed by atoms with van der Waals surface area (Å²) >= 11 is 0. The summed E-state index contributed by atoms with van der Waals surface area (Å²) in [5, 5.41) is 10.9. The van der Waals surface area contributed by atoms with Crippen molar-refractivity contribution < 1.29 is 18.1 Å². The average molecular weight is 346 g/mol. The van der Waals surface area contributed by atoms with Crippen molar-refractivity contribution in [2.75, 3.05) is 10.8 Å². The van der Waals surface area contributed by atoms with E-state index in [2.05, 4.69) is 0 Å². The van der Waals surface area contributed by atoms with Gasteiger partial charge in [0.05, 0.1) is 15.5 Å². The van der Waals surface area contributed by atoms with Crippen molar-refractivity contribution in [3.63, 3.8) is 0 Å². The largest absolute Gasteiger partial charge is 0.294 e. The highest BCUT2D eigenvalue weighted by atomic mass is 32.2. The SMILES string of the molecule is O=C1CCCN(S(=O)(=O)c2cccc([N+](=O)[O-])c2)c2ccccc21. The number of hydrogen-bond acceptors (Lipinski definition) is 5. The van der Waals surface area contributed by atoms with Gasteiger partial charge in [-0.1, -0.05) is 18.2 Å². The summed E-state index contributed by atoms with van der Waals surface area (Å²) in [4.78, 5) is 22.2. The first kappa shape index (κ1) is 16.1. The number of ketones is 1. The lowest BCUT2D eigenvalue weighted by atomic mass is 10.1. The number of nitro benzene ring substituents is 1. The zero-order valence-electron chi connectivity index (χ0n) is 12.6. The van der Waals surface area contributed by atoms with Crippen molar-refractivity contribution in [2.45, 2.75) is 17.7 Å². The first-order valence-corrected chi connectivity index (χ1v) is 8.75. The maximum Gasteiger partial charge on any atom is 0.270 e. The van der Waals surface area contributed by atoms with E-state index >= 15 is 0 Å². The Bertz CT molecular complexity index is 924. The molecule has 2 aromatic carbocycles. The summed E-state index contributed by atoms with van der Waals surface area (Å²) in [6.45, 7) is 0.147. The Balaban J connectivity index is 2.13. The van der Waals surface area contributed by atoms with E-state index in [9.17, 15) is 23.3 Å². The van der Waals surface area contributed by atoms with Crippen LogP contribution >= 0.6 is 0 Å². The lowest BCUT2D eigenvalue weighted by Crippen LogP contribution is -2.31. The number of nitro groups is 1. The Morgan fingerprint density at radius 2 is 1.83 bits per heavy atom. The highest BCUT2D eigenvalue weighted by Crippen LogP contribution is 2.31. The molecule has 1 aliphatic rings. The second-order valence-electron chi connectivity index (χ2n) is 5.38. The highest BCUT2D eigenvalue weighted by molar-refractivity contribution is 7.92. The number of anilines is 1. The molecule has 124 valence electrons. The average Bonchev–Trinajstić information content (AvgIpc) is 2.75. The van der Waals surface area contributed by atoms with Gasteiger partial charge in [0.1, 0.15) is 0 Å². The number of rotatable bonds is 3. The summed E-state index contributed by atoms with van der Waals surface area (Å²) in [7, 11) is -4.00. The molecule has 0 spiro atoms. The summed E-state index contributed by atoms with van der Waals surface area (Å²) in [5.41, 5.74) is 0.366. The molecular weight excluding hydrogens is 332 g/mol. The van der Waals surface area contributed by atoms with Gasteiger partial charge in [0.25, 0.3) is 15.7 Å². The van der Waals surface area contributed by atoms with Crippen molar-refractivity contribution in [3.05, 3.63) is 64.2 Å². The van der Waals surface area contributed by atoms with Crippen LogP contribution in [0.15, 0.2) is 53.4 Å². The van der Waals surface area contributed by atoms with Crippen LogP contribution in [0.4, 0.5) is 11.4 Å². The van der Waals surface area contributed by atoms with Gasteiger partial charge in [-0.05, 0) is 24.6 Å². The van der Waals surface area contributed by atoms with Gasteiger partial charge < -0.3 is 0 Å². The molecule has 0 unspecified atom stereocenters. The number of fused-ring (bicyclic) bond motifs is 1. The predicted molar refractivity (Wildman–Crippen MR) is 87.6 cm³/mol. The number of non-ortho nitro benzene ring substituents is 1. The van der Waals surface area contributed by atoms with E-state index in [0.717, 1.165) is 10.4 Å². The topological polar surface area (TPSA) is 97.6 Å². The number of Topliss-reactive ketones (excluding diaryl/α,β-unsaturated/α-hetero) is 1. The summed E-state index contributed by atoms with van der Waals surface area (Å²) in [5.74, 6) is -0.109. The summed E-state index contributed by atoms with van der Waals surface area (Å²) in [6, 6.07) is 11.4. The van der Waals surface area contributed by atoms with E-state index in [-0.39, 0.29) is 29.3 Å². The number of carbonyl (C=O) groups is 1. The van der Waals surface area contributed by atoms with Gasteiger partial charge in [0.2, 0.25) is 0 Å². The number of hydrogen-bond donors (Lipinski definition) is 0. The molecule has 0 saturated heterocycles. The molecule has 7 nitrogen and oxygen atoms in total. The van der Waals surface area contributed by atoms with Gasteiger partial charge in [0, 0.05) is 30.7 Å². The van der Waals surface area contributed by atoms with E-state index in [1.807, 2.05) is 0 Å². The Hall–Kier alpha value is -2.74. The minimum atomic E-state index is -4.00. The van der Waals surface area contributed by atoms with Crippen molar-refractivity contribution in [3.8, 4) is 0 Å².